The number of phenols is 1. The Morgan fingerprint density at radius 3 is 2.67 bits per heavy atom. The van der Waals surface area contributed by atoms with Crippen molar-refractivity contribution in [3.8, 4) is 22.9 Å². The summed E-state index contributed by atoms with van der Waals surface area (Å²) in [4.78, 5) is 21.5. The summed E-state index contributed by atoms with van der Waals surface area (Å²) < 4.78 is 40.4. The molecule has 3 aromatic carbocycles. The van der Waals surface area contributed by atoms with Crippen molar-refractivity contribution >= 4 is 33.0 Å². The second kappa shape index (κ2) is 12.6. The zero-order chi connectivity index (χ0) is 30.7. The minimum Gasteiger partial charge on any atom is -0.508 e. The van der Waals surface area contributed by atoms with Crippen LogP contribution in [0.3, 0.4) is 0 Å². The number of amides is 1. The highest BCUT2D eigenvalue weighted by atomic mass is 35.5. The van der Waals surface area contributed by atoms with Crippen LogP contribution in [0.25, 0.3) is 11.1 Å². The second-order valence-corrected chi connectivity index (χ2v) is 13.3. The molecule has 1 saturated heterocycles. The molecule has 4 aromatic rings. The van der Waals surface area contributed by atoms with E-state index in [9.17, 15) is 22.7 Å². The number of aromatic hydroxyl groups is 1. The molecule has 9 nitrogen and oxygen atoms in total. The van der Waals surface area contributed by atoms with Gasteiger partial charge in [-0.05, 0) is 53.9 Å². The third kappa shape index (κ3) is 7.22. The average Bonchev–Trinajstić information content (AvgIpc) is 3.38. The number of piperazine rings is 1. The highest BCUT2D eigenvalue weighted by Gasteiger charge is 2.35. The third-order valence-corrected chi connectivity index (χ3v) is 8.66. The molecular weight excluding hydrogens is 593 g/mol. The molecule has 12 heteroatoms. The van der Waals surface area contributed by atoms with Crippen LogP contribution in [0.2, 0.25) is 5.02 Å². The van der Waals surface area contributed by atoms with Crippen LogP contribution in [0, 0.1) is 17.1 Å². The van der Waals surface area contributed by atoms with Crippen LogP contribution in [0.1, 0.15) is 23.2 Å². The van der Waals surface area contributed by atoms with Crippen LogP contribution >= 0.6 is 11.6 Å². The van der Waals surface area contributed by atoms with Gasteiger partial charge in [0.25, 0.3) is 0 Å². The second-order valence-electron chi connectivity index (χ2n) is 10.6. The van der Waals surface area contributed by atoms with Gasteiger partial charge in [0.2, 0.25) is 5.91 Å². The Labute approximate surface area is 254 Å². The number of imidazole rings is 1. The van der Waals surface area contributed by atoms with E-state index < -0.39 is 15.7 Å². The predicted octanol–water partition coefficient (Wildman–Crippen LogP) is 4.62. The van der Waals surface area contributed by atoms with E-state index in [0.717, 1.165) is 5.69 Å². The number of aromatic nitrogens is 2. The van der Waals surface area contributed by atoms with Crippen molar-refractivity contribution in [3.05, 3.63) is 101 Å². The number of sulfone groups is 1. The van der Waals surface area contributed by atoms with Crippen molar-refractivity contribution in [2.24, 2.45) is 0 Å². The molecular formula is C31H29ClFN5O4S. The minimum absolute atomic E-state index is 0.0110. The van der Waals surface area contributed by atoms with Crippen molar-refractivity contribution in [2.45, 2.75) is 25.6 Å². The van der Waals surface area contributed by atoms with E-state index >= 15 is 0 Å². The van der Waals surface area contributed by atoms with Crippen LogP contribution in [-0.4, -0.2) is 65.0 Å². The normalized spacial score (nSPS) is 15.9. The largest absolute Gasteiger partial charge is 0.508 e. The van der Waals surface area contributed by atoms with Crippen molar-refractivity contribution in [3.63, 3.8) is 0 Å². The summed E-state index contributed by atoms with van der Waals surface area (Å²) in [6.07, 6.45) is 4.76. The quantitative estimate of drug-likeness (QED) is 0.290. The van der Waals surface area contributed by atoms with Crippen LogP contribution in [0.4, 0.5) is 10.1 Å². The molecule has 1 atom stereocenters. The fraction of sp³-hybridized carbons (Fsp3) is 0.258. The highest BCUT2D eigenvalue weighted by molar-refractivity contribution is 7.90. The van der Waals surface area contributed by atoms with Gasteiger partial charge < -0.3 is 14.6 Å². The van der Waals surface area contributed by atoms with Gasteiger partial charge in [-0.15, -0.1) is 0 Å². The summed E-state index contributed by atoms with van der Waals surface area (Å²) >= 11 is 6.37. The number of rotatable bonds is 9. The molecule has 2 heterocycles. The minimum atomic E-state index is -3.28. The Bertz CT molecular complexity index is 1820. The Morgan fingerprint density at radius 1 is 1.14 bits per heavy atom. The lowest BCUT2D eigenvalue weighted by atomic mass is 10.0. The summed E-state index contributed by atoms with van der Waals surface area (Å²) in [5, 5.41) is 19.5. The number of anilines is 1. The number of nitriles is 1. The molecule has 222 valence electrons. The number of carbonyl (C=O) groups excluding carboxylic acids is 1. The topological polar surface area (TPSA) is 120 Å². The molecule has 1 N–H and O–H groups in total. The first kappa shape index (κ1) is 30.2. The van der Waals surface area contributed by atoms with Crippen molar-refractivity contribution in [1.29, 1.82) is 5.26 Å². The molecule has 1 fully saturated rings. The molecule has 1 aliphatic rings. The van der Waals surface area contributed by atoms with Gasteiger partial charge in [0.15, 0.2) is 0 Å². The molecule has 1 aromatic heterocycles. The summed E-state index contributed by atoms with van der Waals surface area (Å²) in [5.74, 6) is -0.773. The van der Waals surface area contributed by atoms with Gasteiger partial charge in [0.1, 0.15) is 27.5 Å². The van der Waals surface area contributed by atoms with E-state index in [2.05, 4.69) is 4.98 Å². The van der Waals surface area contributed by atoms with Gasteiger partial charge in [0, 0.05) is 48.7 Å². The van der Waals surface area contributed by atoms with E-state index in [1.54, 1.807) is 59.9 Å². The van der Waals surface area contributed by atoms with Gasteiger partial charge in [0.05, 0.1) is 35.6 Å². The molecule has 5 rings (SSSR count). The third-order valence-electron chi connectivity index (χ3n) is 7.45. The smallest absolute Gasteiger partial charge is 0.241 e. The maximum absolute atomic E-state index is 14.2. The number of nitrogens with zero attached hydrogens (tertiary/aromatic N) is 5. The molecule has 0 spiro atoms. The van der Waals surface area contributed by atoms with Gasteiger partial charge in [-0.3, -0.25) is 9.69 Å². The zero-order valence-electron chi connectivity index (χ0n) is 23.3. The molecule has 0 aliphatic carbocycles. The van der Waals surface area contributed by atoms with Gasteiger partial charge in [-0.2, -0.15) is 5.26 Å². The van der Waals surface area contributed by atoms with E-state index in [0.29, 0.717) is 46.9 Å². The lowest BCUT2D eigenvalue weighted by Crippen LogP contribution is -2.56. The fourth-order valence-electron chi connectivity index (χ4n) is 5.28. The van der Waals surface area contributed by atoms with E-state index in [1.807, 2.05) is 21.6 Å². The highest BCUT2D eigenvalue weighted by Crippen LogP contribution is 2.36. The zero-order valence-corrected chi connectivity index (χ0v) is 24.9. The fourth-order valence-corrected chi connectivity index (χ4v) is 6.14. The Kier molecular flexibility index (Phi) is 8.82. The number of carbonyl (C=O) groups is 1. The standard InChI is InChI=1S/C31H29ClFN5O4S/c1-43(41,42)10-9-25-18-38(30-13-24(32)7-8-28(30)22-3-2-4-27(39)12-22)31(40)19-36(25)17-26-15-35-20-37(26)16-21-5-6-23(14-34)29(33)11-21/h2-8,11-13,15,20,25,39H,9-10,16-19H2,1H3. The summed E-state index contributed by atoms with van der Waals surface area (Å²) in [5.41, 5.74) is 3.35. The number of hydrogen-bond acceptors (Lipinski definition) is 7. The Morgan fingerprint density at radius 2 is 1.95 bits per heavy atom. The lowest BCUT2D eigenvalue weighted by molar-refractivity contribution is -0.122. The van der Waals surface area contributed by atoms with Gasteiger partial charge in [-0.25, -0.2) is 17.8 Å². The van der Waals surface area contributed by atoms with E-state index in [4.69, 9.17) is 16.9 Å². The summed E-state index contributed by atoms with van der Waals surface area (Å²) in [6.45, 7) is 0.837. The Hall–Kier alpha value is -4.24. The first-order valence-electron chi connectivity index (χ1n) is 13.5. The summed E-state index contributed by atoms with van der Waals surface area (Å²) in [6, 6.07) is 17.8. The first-order chi connectivity index (χ1) is 20.5. The van der Waals surface area contributed by atoms with Gasteiger partial charge in [-0.1, -0.05) is 35.9 Å². The van der Waals surface area contributed by atoms with Crippen LogP contribution in [-0.2, 0) is 27.7 Å². The van der Waals surface area contributed by atoms with Crippen LogP contribution < -0.4 is 4.90 Å². The number of phenolic OH excluding ortho intramolecular Hbond substituents is 1. The monoisotopic (exact) mass is 621 g/mol. The van der Waals surface area contributed by atoms with Crippen LogP contribution in [0.15, 0.2) is 73.2 Å². The molecule has 0 radical (unpaired) electrons. The van der Waals surface area contributed by atoms with Crippen molar-refractivity contribution < 1.29 is 22.7 Å². The van der Waals surface area contributed by atoms with Crippen LogP contribution in [0.5, 0.6) is 5.75 Å². The number of hydrogen-bond donors (Lipinski definition) is 1. The SMILES string of the molecule is CS(=O)(=O)CCC1CN(c2cc(Cl)ccc2-c2cccc(O)c2)C(=O)CN1Cc1cncn1Cc1ccc(C#N)c(F)c1. The lowest BCUT2D eigenvalue weighted by Gasteiger charge is -2.41. The number of benzene rings is 3. The first-order valence-corrected chi connectivity index (χ1v) is 15.9. The molecule has 43 heavy (non-hydrogen) atoms. The molecule has 0 bridgehead atoms. The van der Waals surface area contributed by atoms with E-state index in [1.165, 1.54) is 18.4 Å². The molecule has 1 amide bonds. The molecule has 0 saturated carbocycles. The Balaban J connectivity index is 1.43. The number of halogens is 2. The predicted molar refractivity (Wildman–Crippen MR) is 162 cm³/mol. The average molecular weight is 622 g/mol. The van der Waals surface area contributed by atoms with Crippen molar-refractivity contribution in [2.75, 3.05) is 30.0 Å². The maximum atomic E-state index is 14.2. The molecule has 1 aliphatic heterocycles. The van der Waals surface area contributed by atoms with Gasteiger partial charge >= 0.3 is 0 Å². The van der Waals surface area contributed by atoms with E-state index in [-0.39, 0.29) is 42.1 Å². The van der Waals surface area contributed by atoms with Crippen molar-refractivity contribution in [1.82, 2.24) is 14.5 Å². The summed E-state index contributed by atoms with van der Waals surface area (Å²) in [7, 11) is -3.28. The molecule has 1 unspecified atom stereocenters. The maximum Gasteiger partial charge on any atom is 0.241 e.